The first-order valence-corrected chi connectivity index (χ1v) is 10.8. The van der Waals surface area contributed by atoms with Gasteiger partial charge < -0.3 is 10.2 Å². The van der Waals surface area contributed by atoms with Crippen molar-refractivity contribution in [2.45, 2.75) is 77.3 Å². The van der Waals surface area contributed by atoms with Crippen LogP contribution in [-0.2, 0) is 9.59 Å². The van der Waals surface area contributed by atoms with Gasteiger partial charge in [-0.25, -0.2) is 0 Å². The summed E-state index contributed by atoms with van der Waals surface area (Å²) in [5.41, 5.74) is 3.09. The van der Waals surface area contributed by atoms with E-state index in [1.807, 2.05) is 37.9 Å². The summed E-state index contributed by atoms with van der Waals surface area (Å²) in [6.07, 6.45) is 8.78. The lowest BCUT2D eigenvalue weighted by molar-refractivity contribution is -0.133. The minimum atomic E-state index is 0.00804. The molecule has 2 saturated carbocycles. The number of carbonyl (C=O) groups excluding carboxylic acids is 2. The highest BCUT2D eigenvalue weighted by Gasteiger charge is 2.31. The second kappa shape index (κ2) is 9.55. The van der Waals surface area contributed by atoms with Gasteiger partial charge in [-0.15, -0.1) is 0 Å². The molecular formula is C23H35N3O2. The molecule has 0 atom stereocenters. The van der Waals surface area contributed by atoms with Crippen molar-refractivity contribution < 1.29 is 9.59 Å². The monoisotopic (exact) mass is 385 g/mol. The summed E-state index contributed by atoms with van der Waals surface area (Å²) < 4.78 is 0. The zero-order valence-electron chi connectivity index (χ0n) is 17.7. The predicted molar refractivity (Wildman–Crippen MR) is 113 cm³/mol. The van der Waals surface area contributed by atoms with Gasteiger partial charge >= 0.3 is 0 Å². The standard InChI is InChI=1S/C23H35N3O2/c1-17-9-10-18(2)21(15-17)24-22(27)16-26(20-11-12-20)14-13-23(28)25(3)19-7-5-4-6-8-19/h9-10,15,19-20H,4-8,11-14,16H2,1-3H3,(H,24,27). The Hall–Kier alpha value is -1.88. The van der Waals surface area contributed by atoms with E-state index in [1.165, 1.54) is 19.3 Å². The largest absolute Gasteiger partial charge is 0.343 e. The van der Waals surface area contributed by atoms with Gasteiger partial charge in [0.1, 0.15) is 0 Å². The van der Waals surface area contributed by atoms with Crippen molar-refractivity contribution in [2.75, 3.05) is 25.5 Å². The molecule has 0 spiro atoms. The van der Waals surface area contributed by atoms with E-state index < -0.39 is 0 Å². The number of amides is 2. The number of aryl methyl sites for hydroxylation is 2. The molecule has 28 heavy (non-hydrogen) atoms. The van der Waals surface area contributed by atoms with Gasteiger partial charge in [-0.05, 0) is 56.7 Å². The summed E-state index contributed by atoms with van der Waals surface area (Å²) in [6, 6.07) is 6.96. The zero-order valence-corrected chi connectivity index (χ0v) is 17.7. The van der Waals surface area contributed by atoms with E-state index in [0.29, 0.717) is 31.6 Å². The molecule has 1 aromatic rings. The van der Waals surface area contributed by atoms with E-state index in [1.54, 1.807) is 0 Å². The fourth-order valence-electron chi connectivity index (χ4n) is 4.16. The third-order valence-electron chi connectivity index (χ3n) is 6.21. The summed E-state index contributed by atoms with van der Waals surface area (Å²) in [5, 5.41) is 3.05. The van der Waals surface area contributed by atoms with Crippen LogP contribution >= 0.6 is 0 Å². The summed E-state index contributed by atoms with van der Waals surface area (Å²) in [5.74, 6) is 0.223. The van der Waals surface area contributed by atoms with Crippen molar-refractivity contribution in [3.8, 4) is 0 Å². The lowest BCUT2D eigenvalue weighted by Crippen LogP contribution is -2.41. The first-order chi connectivity index (χ1) is 13.4. The highest BCUT2D eigenvalue weighted by molar-refractivity contribution is 5.93. The van der Waals surface area contributed by atoms with E-state index in [2.05, 4.69) is 16.3 Å². The molecule has 0 radical (unpaired) electrons. The molecule has 0 aromatic heterocycles. The van der Waals surface area contributed by atoms with Crippen LogP contribution in [0, 0.1) is 13.8 Å². The Morgan fingerprint density at radius 2 is 1.75 bits per heavy atom. The van der Waals surface area contributed by atoms with E-state index in [4.69, 9.17) is 0 Å². The van der Waals surface area contributed by atoms with Crippen LogP contribution in [0.25, 0.3) is 0 Å². The number of nitrogens with one attached hydrogen (secondary N) is 1. The van der Waals surface area contributed by atoms with Crippen LogP contribution in [0.3, 0.4) is 0 Å². The number of carbonyl (C=O) groups is 2. The number of benzene rings is 1. The lowest BCUT2D eigenvalue weighted by Gasteiger charge is -2.32. The van der Waals surface area contributed by atoms with E-state index >= 15 is 0 Å². The maximum absolute atomic E-state index is 12.6. The van der Waals surface area contributed by atoms with Crippen LogP contribution in [0.1, 0.15) is 62.5 Å². The Balaban J connectivity index is 1.50. The summed E-state index contributed by atoms with van der Waals surface area (Å²) in [6.45, 7) is 5.06. The van der Waals surface area contributed by atoms with E-state index in [9.17, 15) is 9.59 Å². The van der Waals surface area contributed by atoms with Crippen LogP contribution in [-0.4, -0.2) is 53.8 Å². The fraction of sp³-hybridized carbons (Fsp3) is 0.652. The first-order valence-electron chi connectivity index (χ1n) is 10.8. The summed E-state index contributed by atoms with van der Waals surface area (Å²) in [7, 11) is 1.95. The third kappa shape index (κ3) is 5.81. The molecule has 2 fully saturated rings. The SMILES string of the molecule is Cc1ccc(C)c(NC(=O)CN(CCC(=O)N(C)C2CCCCC2)C2CC2)c1. The summed E-state index contributed by atoms with van der Waals surface area (Å²) in [4.78, 5) is 29.4. The normalized spacial score (nSPS) is 17.6. The van der Waals surface area contributed by atoms with Crippen molar-refractivity contribution >= 4 is 17.5 Å². The van der Waals surface area contributed by atoms with Crippen LogP contribution < -0.4 is 5.32 Å². The molecule has 2 amide bonds. The van der Waals surface area contributed by atoms with E-state index in [0.717, 1.165) is 42.5 Å². The average Bonchev–Trinajstić information content (AvgIpc) is 3.53. The summed E-state index contributed by atoms with van der Waals surface area (Å²) >= 11 is 0. The minimum absolute atomic E-state index is 0.00804. The maximum atomic E-state index is 12.6. The molecular weight excluding hydrogens is 350 g/mol. The van der Waals surface area contributed by atoms with Gasteiger partial charge in [0.15, 0.2) is 0 Å². The molecule has 5 heteroatoms. The van der Waals surface area contributed by atoms with Gasteiger partial charge in [0, 0.05) is 37.8 Å². The molecule has 154 valence electrons. The molecule has 1 N–H and O–H groups in total. The Morgan fingerprint density at radius 1 is 1.04 bits per heavy atom. The zero-order chi connectivity index (χ0) is 20.1. The molecule has 2 aliphatic carbocycles. The van der Waals surface area contributed by atoms with Crippen molar-refractivity contribution in [2.24, 2.45) is 0 Å². The number of rotatable bonds is 8. The second-order valence-corrected chi connectivity index (χ2v) is 8.61. The molecule has 0 aliphatic heterocycles. The Kier molecular flexibility index (Phi) is 7.11. The van der Waals surface area contributed by atoms with Crippen LogP contribution in [0.5, 0.6) is 0 Å². The van der Waals surface area contributed by atoms with Gasteiger partial charge in [-0.3, -0.25) is 14.5 Å². The Morgan fingerprint density at radius 3 is 2.43 bits per heavy atom. The van der Waals surface area contributed by atoms with Gasteiger partial charge in [-0.2, -0.15) is 0 Å². The molecule has 0 saturated heterocycles. The second-order valence-electron chi connectivity index (χ2n) is 8.61. The van der Waals surface area contributed by atoms with Crippen LogP contribution in [0.4, 0.5) is 5.69 Å². The predicted octanol–water partition coefficient (Wildman–Crippen LogP) is 3.89. The number of nitrogens with zero attached hydrogens (tertiary/aromatic N) is 2. The molecule has 5 nitrogen and oxygen atoms in total. The van der Waals surface area contributed by atoms with Gasteiger partial charge in [0.05, 0.1) is 6.54 Å². The Labute approximate surface area is 169 Å². The maximum Gasteiger partial charge on any atom is 0.238 e. The van der Waals surface area contributed by atoms with Gasteiger partial charge in [-0.1, -0.05) is 31.4 Å². The average molecular weight is 386 g/mol. The minimum Gasteiger partial charge on any atom is -0.343 e. The number of anilines is 1. The van der Waals surface area contributed by atoms with Crippen molar-refractivity contribution in [3.63, 3.8) is 0 Å². The van der Waals surface area contributed by atoms with Crippen LogP contribution in [0.15, 0.2) is 18.2 Å². The van der Waals surface area contributed by atoms with Gasteiger partial charge in [0.25, 0.3) is 0 Å². The smallest absolute Gasteiger partial charge is 0.238 e. The van der Waals surface area contributed by atoms with Crippen molar-refractivity contribution in [3.05, 3.63) is 29.3 Å². The molecule has 1 aromatic carbocycles. The molecule has 0 heterocycles. The molecule has 3 rings (SSSR count). The number of hydrogen-bond acceptors (Lipinski definition) is 3. The lowest BCUT2D eigenvalue weighted by atomic mass is 9.94. The third-order valence-corrected chi connectivity index (χ3v) is 6.21. The number of hydrogen-bond donors (Lipinski definition) is 1. The Bertz CT molecular complexity index is 693. The van der Waals surface area contributed by atoms with E-state index in [-0.39, 0.29) is 11.8 Å². The van der Waals surface area contributed by atoms with Crippen molar-refractivity contribution in [1.29, 1.82) is 0 Å². The molecule has 2 aliphatic rings. The highest BCUT2D eigenvalue weighted by atomic mass is 16.2. The van der Waals surface area contributed by atoms with Crippen LogP contribution in [0.2, 0.25) is 0 Å². The molecule has 0 unspecified atom stereocenters. The molecule has 0 bridgehead atoms. The first kappa shape index (κ1) is 20.8. The fourth-order valence-corrected chi connectivity index (χ4v) is 4.16. The quantitative estimate of drug-likeness (QED) is 0.739. The van der Waals surface area contributed by atoms with Gasteiger partial charge in [0.2, 0.25) is 11.8 Å². The van der Waals surface area contributed by atoms with Crippen molar-refractivity contribution in [1.82, 2.24) is 9.80 Å². The highest BCUT2D eigenvalue weighted by Crippen LogP contribution is 2.27. The topological polar surface area (TPSA) is 52.7 Å².